The van der Waals surface area contributed by atoms with E-state index < -0.39 is 0 Å². The number of aryl methyl sites for hydroxylation is 1. The second-order valence-electron chi connectivity index (χ2n) is 6.39. The number of anilines is 1. The van der Waals surface area contributed by atoms with E-state index >= 15 is 0 Å². The summed E-state index contributed by atoms with van der Waals surface area (Å²) in [5.74, 6) is 3.24. The van der Waals surface area contributed by atoms with Crippen LogP contribution in [0.2, 0.25) is 0 Å². The first-order valence-corrected chi connectivity index (χ1v) is 8.91. The monoisotopic (exact) mass is 340 g/mol. The number of nitrogens with zero attached hydrogens (tertiary/aromatic N) is 4. The van der Waals surface area contributed by atoms with Crippen LogP contribution in [0.1, 0.15) is 39.9 Å². The predicted octanol–water partition coefficient (Wildman–Crippen LogP) is 4.97. The first-order chi connectivity index (χ1) is 12.0. The van der Waals surface area contributed by atoms with E-state index in [2.05, 4.69) is 24.9 Å². The summed E-state index contributed by atoms with van der Waals surface area (Å²) in [6.45, 7) is 8.44. The molecule has 0 spiro atoms. The van der Waals surface area contributed by atoms with Gasteiger partial charge in [-0.1, -0.05) is 27.7 Å². The summed E-state index contributed by atoms with van der Waals surface area (Å²) < 4.78 is 5.39. The summed E-state index contributed by atoms with van der Waals surface area (Å²) in [7, 11) is 4.02. The average molecular weight is 340 g/mol. The number of rotatable bonds is 5. The van der Waals surface area contributed by atoms with Crippen molar-refractivity contribution in [3.05, 3.63) is 36.6 Å². The Hall–Kier alpha value is -2.43. The van der Waals surface area contributed by atoms with Gasteiger partial charge in [-0.3, -0.25) is 0 Å². The van der Waals surface area contributed by atoms with Crippen molar-refractivity contribution in [2.24, 2.45) is 5.92 Å². The van der Waals surface area contributed by atoms with Gasteiger partial charge in [0.1, 0.15) is 11.6 Å². The van der Waals surface area contributed by atoms with Crippen molar-refractivity contribution >= 4 is 16.7 Å². The van der Waals surface area contributed by atoms with Gasteiger partial charge in [-0.15, -0.1) is 0 Å². The average Bonchev–Trinajstić information content (AvgIpc) is 3.15. The molecule has 0 aliphatic carbocycles. The summed E-state index contributed by atoms with van der Waals surface area (Å²) in [6, 6.07) is 6.11. The number of hydrogen-bond acceptors (Lipinski definition) is 5. The molecule has 0 fully saturated rings. The van der Waals surface area contributed by atoms with Gasteiger partial charge in [0.25, 0.3) is 0 Å². The van der Waals surface area contributed by atoms with Crippen LogP contribution in [0.3, 0.4) is 0 Å². The largest absolute Gasteiger partial charge is 0.444 e. The highest BCUT2D eigenvalue weighted by Gasteiger charge is 2.12. The lowest BCUT2D eigenvalue weighted by atomic mass is 10.1. The van der Waals surface area contributed by atoms with Crippen molar-refractivity contribution in [1.82, 2.24) is 15.0 Å². The van der Waals surface area contributed by atoms with Crippen LogP contribution in [0.15, 0.2) is 35.2 Å². The molecule has 2 heterocycles. The highest BCUT2D eigenvalue weighted by atomic mass is 16.3. The smallest absolute Gasteiger partial charge is 0.181 e. The van der Waals surface area contributed by atoms with E-state index in [4.69, 9.17) is 14.4 Å². The fraction of sp³-hybridized carbons (Fsp3) is 0.450. The molecule has 0 N–H and O–H groups in total. The van der Waals surface area contributed by atoms with Crippen molar-refractivity contribution in [3.63, 3.8) is 0 Å². The number of fused-ring (bicyclic) bond motifs is 1. The number of aromatic nitrogens is 3. The second-order valence-corrected chi connectivity index (χ2v) is 6.39. The molecule has 0 saturated carbocycles. The Morgan fingerprint density at radius 1 is 1.12 bits per heavy atom. The number of hydrogen-bond donors (Lipinski definition) is 0. The lowest BCUT2D eigenvalue weighted by Gasteiger charge is -2.16. The molecular weight excluding hydrogens is 312 g/mol. The molecule has 0 atom stereocenters. The van der Waals surface area contributed by atoms with Gasteiger partial charge in [-0.25, -0.2) is 15.0 Å². The molecule has 1 aromatic carbocycles. The third-order valence-corrected chi connectivity index (χ3v) is 3.81. The molecule has 0 radical (unpaired) electrons. The van der Waals surface area contributed by atoms with Crippen LogP contribution in [0.5, 0.6) is 0 Å². The van der Waals surface area contributed by atoms with Crippen molar-refractivity contribution in [3.8, 4) is 11.3 Å². The Morgan fingerprint density at radius 3 is 2.48 bits per heavy atom. The van der Waals surface area contributed by atoms with Gasteiger partial charge in [0.15, 0.2) is 12.2 Å². The zero-order valence-electron chi connectivity index (χ0n) is 16.1. The van der Waals surface area contributed by atoms with E-state index in [1.54, 1.807) is 6.20 Å². The second kappa shape index (κ2) is 8.60. The summed E-state index contributed by atoms with van der Waals surface area (Å²) >= 11 is 0. The molecule has 25 heavy (non-hydrogen) atoms. The van der Waals surface area contributed by atoms with E-state index in [1.807, 2.05) is 45.0 Å². The normalized spacial score (nSPS) is 10.7. The van der Waals surface area contributed by atoms with Crippen molar-refractivity contribution in [2.75, 3.05) is 19.0 Å². The molecule has 3 aromatic rings. The zero-order valence-corrected chi connectivity index (χ0v) is 16.1. The van der Waals surface area contributed by atoms with Gasteiger partial charge >= 0.3 is 0 Å². The molecule has 2 aromatic heterocycles. The summed E-state index contributed by atoms with van der Waals surface area (Å²) in [6.07, 6.45) is 5.15. The van der Waals surface area contributed by atoms with Crippen molar-refractivity contribution in [1.29, 1.82) is 0 Å². The minimum absolute atomic E-state index is 0.644. The first-order valence-electron chi connectivity index (χ1n) is 8.91. The summed E-state index contributed by atoms with van der Waals surface area (Å²) in [5.41, 5.74) is 1.95. The van der Waals surface area contributed by atoms with Crippen molar-refractivity contribution < 1.29 is 4.42 Å². The quantitative estimate of drug-likeness (QED) is 0.656. The van der Waals surface area contributed by atoms with Gasteiger partial charge in [0.2, 0.25) is 0 Å². The van der Waals surface area contributed by atoms with Crippen LogP contribution < -0.4 is 4.90 Å². The Bertz CT molecular complexity index is 795. The van der Waals surface area contributed by atoms with Crippen LogP contribution in [0, 0.1) is 5.92 Å². The molecule has 0 bridgehead atoms. The lowest BCUT2D eigenvalue weighted by molar-refractivity contribution is 0.572. The first kappa shape index (κ1) is 18.9. The highest BCUT2D eigenvalue weighted by molar-refractivity contribution is 5.92. The van der Waals surface area contributed by atoms with Crippen LogP contribution >= 0.6 is 0 Å². The Balaban J connectivity index is 0.00000109. The van der Waals surface area contributed by atoms with Crippen LogP contribution in [-0.2, 0) is 6.42 Å². The molecular formula is C20H28N4O. The molecule has 0 unspecified atom stereocenters. The fourth-order valence-electron chi connectivity index (χ4n) is 2.54. The molecule has 0 saturated heterocycles. The molecule has 134 valence electrons. The van der Waals surface area contributed by atoms with Gasteiger partial charge in [-0.05, 0) is 30.5 Å². The van der Waals surface area contributed by atoms with Crippen LogP contribution in [0.25, 0.3) is 22.2 Å². The molecule has 5 nitrogen and oxygen atoms in total. The minimum atomic E-state index is 0.644. The zero-order chi connectivity index (χ0) is 18.4. The Labute approximate surface area is 150 Å². The topological polar surface area (TPSA) is 55.1 Å². The van der Waals surface area contributed by atoms with E-state index in [0.29, 0.717) is 5.92 Å². The summed E-state index contributed by atoms with van der Waals surface area (Å²) in [4.78, 5) is 15.5. The van der Waals surface area contributed by atoms with Gasteiger partial charge in [0.05, 0.1) is 11.7 Å². The van der Waals surface area contributed by atoms with Crippen LogP contribution in [-0.4, -0.2) is 29.0 Å². The number of benzene rings is 1. The predicted molar refractivity (Wildman–Crippen MR) is 104 cm³/mol. The summed E-state index contributed by atoms with van der Waals surface area (Å²) in [5, 5.41) is 1.03. The molecule has 3 rings (SSSR count). The minimum Gasteiger partial charge on any atom is -0.444 e. The van der Waals surface area contributed by atoms with E-state index in [0.717, 1.165) is 46.7 Å². The van der Waals surface area contributed by atoms with E-state index in [-0.39, 0.29) is 0 Å². The van der Waals surface area contributed by atoms with E-state index in [9.17, 15) is 0 Å². The maximum atomic E-state index is 5.39. The third kappa shape index (κ3) is 4.56. The molecule has 0 aliphatic rings. The molecule has 0 aliphatic heterocycles. The maximum absolute atomic E-state index is 5.39. The lowest BCUT2D eigenvalue weighted by Crippen LogP contribution is -2.13. The highest BCUT2D eigenvalue weighted by Crippen LogP contribution is 2.28. The maximum Gasteiger partial charge on any atom is 0.181 e. The SMILES string of the molecule is CC.CC(C)CCc1nc(N(C)C)c2cc(-c3cnco3)ccc2n1. The third-order valence-electron chi connectivity index (χ3n) is 3.81. The standard InChI is InChI=1S/C18H22N4O.C2H6/c1-12(2)5-8-17-20-15-7-6-13(16-10-19-11-23-16)9-14(15)18(21-17)22(3)4;1-2/h6-7,9-12H,5,8H2,1-4H3;1-2H3. The van der Waals surface area contributed by atoms with Gasteiger partial charge in [0, 0.05) is 31.5 Å². The van der Waals surface area contributed by atoms with Gasteiger partial charge < -0.3 is 9.32 Å². The number of oxazole rings is 1. The Morgan fingerprint density at radius 2 is 1.88 bits per heavy atom. The van der Waals surface area contributed by atoms with Gasteiger partial charge in [-0.2, -0.15) is 0 Å². The van der Waals surface area contributed by atoms with E-state index in [1.165, 1.54) is 6.39 Å². The van der Waals surface area contributed by atoms with Crippen LogP contribution in [0.4, 0.5) is 5.82 Å². The molecule has 5 heteroatoms. The Kier molecular flexibility index (Phi) is 6.51. The van der Waals surface area contributed by atoms with Crippen molar-refractivity contribution in [2.45, 2.75) is 40.5 Å². The molecule has 0 amide bonds. The fourth-order valence-corrected chi connectivity index (χ4v) is 2.54.